The number of amides is 1. The van der Waals surface area contributed by atoms with Crippen molar-refractivity contribution in [1.29, 1.82) is 0 Å². The summed E-state index contributed by atoms with van der Waals surface area (Å²) in [5, 5.41) is 19.2. The summed E-state index contributed by atoms with van der Waals surface area (Å²) in [7, 11) is 0. The number of carbonyl (C=O) groups excluding carboxylic acids is 1. The molecule has 7 nitrogen and oxygen atoms in total. The van der Waals surface area contributed by atoms with Crippen LogP contribution in [0.4, 0.5) is 0 Å². The van der Waals surface area contributed by atoms with E-state index in [2.05, 4.69) is 27.8 Å². The van der Waals surface area contributed by atoms with E-state index in [0.717, 1.165) is 36.8 Å². The molecule has 0 atom stereocenters. The van der Waals surface area contributed by atoms with E-state index in [4.69, 9.17) is 5.11 Å². The van der Waals surface area contributed by atoms with E-state index in [9.17, 15) is 9.59 Å². The molecule has 126 valence electrons. The summed E-state index contributed by atoms with van der Waals surface area (Å²) in [6.45, 7) is 1.99. The zero-order valence-electron chi connectivity index (χ0n) is 13.5. The minimum atomic E-state index is -1.16. The molecule has 24 heavy (non-hydrogen) atoms. The van der Waals surface area contributed by atoms with Crippen molar-refractivity contribution in [2.45, 2.75) is 44.7 Å². The second-order valence-electron chi connectivity index (χ2n) is 6.31. The molecular weight excluding hydrogens is 308 g/mol. The predicted octanol–water partition coefficient (Wildman–Crippen LogP) is 1.87. The van der Waals surface area contributed by atoms with Crippen molar-refractivity contribution < 1.29 is 14.7 Å². The second kappa shape index (κ2) is 6.43. The van der Waals surface area contributed by atoms with Gasteiger partial charge in [-0.05, 0) is 25.3 Å². The standard InChI is InChI=1S/C17H20N4O3/c1-12-5-4-6-13(9-12)17(7-2-3-8-17)18-15(22)11-21-10-14(16(23)24)19-20-21/h4-6,9-10H,2-3,7-8,11H2,1H3,(H,18,22)(H,23,24). The highest BCUT2D eigenvalue weighted by atomic mass is 16.4. The summed E-state index contributed by atoms with van der Waals surface area (Å²) in [5.74, 6) is -1.35. The Balaban J connectivity index is 1.75. The summed E-state index contributed by atoms with van der Waals surface area (Å²) >= 11 is 0. The topological polar surface area (TPSA) is 97.1 Å². The van der Waals surface area contributed by atoms with Crippen LogP contribution in [-0.4, -0.2) is 32.0 Å². The van der Waals surface area contributed by atoms with Crippen molar-refractivity contribution in [1.82, 2.24) is 20.3 Å². The third kappa shape index (κ3) is 3.29. The number of carboxylic acid groups (broad SMARTS) is 1. The molecule has 1 heterocycles. The van der Waals surface area contributed by atoms with Gasteiger partial charge in [-0.1, -0.05) is 47.9 Å². The Kier molecular flexibility index (Phi) is 4.33. The first-order chi connectivity index (χ1) is 11.5. The smallest absolute Gasteiger partial charge is 0.358 e. The molecule has 0 radical (unpaired) electrons. The van der Waals surface area contributed by atoms with Gasteiger partial charge in [0.25, 0.3) is 0 Å². The van der Waals surface area contributed by atoms with Crippen molar-refractivity contribution in [2.75, 3.05) is 0 Å². The van der Waals surface area contributed by atoms with Gasteiger partial charge in [-0.25, -0.2) is 9.48 Å². The van der Waals surface area contributed by atoms with E-state index >= 15 is 0 Å². The molecule has 2 N–H and O–H groups in total. The summed E-state index contributed by atoms with van der Waals surface area (Å²) in [4.78, 5) is 23.3. The second-order valence-corrected chi connectivity index (χ2v) is 6.31. The van der Waals surface area contributed by atoms with Crippen LogP contribution in [0.1, 0.15) is 47.3 Å². The zero-order valence-corrected chi connectivity index (χ0v) is 13.5. The first kappa shape index (κ1) is 16.2. The van der Waals surface area contributed by atoms with Crippen LogP contribution in [-0.2, 0) is 16.9 Å². The molecule has 7 heteroatoms. The largest absolute Gasteiger partial charge is 0.476 e. The van der Waals surface area contributed by atoms with Gasteiger partial charge < -0.3 is 10.4 Å². The summed E-state index contributed by atoms with van der Waals surface area (Å²) < 4.78 is 1.25. The third-order valence-electron chi connectivity index (χ3n) is 4.47. The predicted molar refractivity (Wildman–Crippen MR) is 86.4 cm³/mol. The van der Waals surface area contributed by atoms with E-state index in [1.54, 1.807) is 0 Å². The molecule has 3 rings (SSSR count). The molecule has 1 fully saturated rings. The van der Waals surface area contributed by atoms with E-state index in [0.29, 0.717) is 0 Å². The number of hydrogen-bond acceptors (Lipinski definition) is 4. The van der Waals surface area contributed by atoms with Crippen LogP contribution in [0.5, 0.6) is 0 Å². The zero-order chi connectivity index (χ0) is 17.2. The number of aryl methyl sites for hydroxylation is 1. The highest BCUT2D eigenvalue weighted by molar-refractivity contribution is 5.84. The van der Waals surface area contributed by atoms with E-state index in [1.165, 1.54) is 10.9 Å². The fraction of sp³-hybridized carbons (Fsp3) is 0.412. The van der Waals surface area contributed by atoms with Crippen LogP contribution in [0, 0.1) is 6.92 Å². The number of hydrogen-bond donors (Lipinski definition) is 2. The maximum atomic E-state index is 12.5. The molecule has 1 aromatic carbocycles. The highest BCUT2D eigenvalue weighted by Crippen LogP contribution is 2.39. The van der Waals surface area contributed by atoms with Gasteiger partial charge >= 0.3 is 5.97 Å². The minimum Gasteiger partial charge on any atom is -0.476 e. The van der Waals surface area contributed by atoms with E-state index in [1.807, 2.05) is 19.1 Å². The van der Waals surface area contributed by atoms with Gasteiger partial charge in [-0.3, -0.25) is 4.79 Å². The quantitative estimate of drug-likeness (QED) is 0.873. The number of nitrogens with one attached hydrogen (secondary N) is 1. The fourth-order valence-corrected chi connectivity index (χ4v) is 3.33. The SMILES string of the molecule is Cc1cccc(C2(NC(=O)Cn3cc(C(=O)O)nn3)CCCC2)c1. The molecule has 1 amide bonds. The lowest BCUT2D eigenvalue weighted by molar-refractivity contribution is -0.124. The van der Waals surface area contributed by atoms with Crippen molar-refractivity contribution in [2.24, 2.45) is 0 Å². The molecule has 0 spiro atoms. The maximum Gasteiger partial charge on any atom is 0.358 e. The number of aromatic carboxylic acids is 1. The maximum absolute atomic E-state index is 12.5. The summed E-state index contributed by atoms with van der Waals surface area (Å²) in [6.07, 6.45) is 5.21. The molecule has 2 aromatic rings. The normalized spacial score (nSPS) is 16.0. The van der Waals surface area contributed by atoms with Gasteiger partial charge in [0.2, 0.25) is 5.91 Å². The molecule has 1 saturated carbocycles. The number of aromatic nitrogens is 3. The highest BCUT2D eigenvalue weighted by Gasteiger charge is 2.37. The molecule has 1 aromatic heterocycles. The molecular formula is C17H20N4O3. The Morgan fingerprint density at radius 3 is 2.71 bits per heavy atom. The number of carbonyl (C=O) groups is 2. The van der Waals surface area contributed by atoms with Crippen molar-refractivity contribution in [3.05, 3.63) is 47.3 Å². The number of rotatable bonds is 5. The van der Waals surface area contributed by atoms with Gasteiger partial charge in [0.05, 0.1) is 11.7 Å². The van der Waals surface area contributed by atoms with Gasteiger partial charge in [-0.15, -0.1) is 5.10 Å². The van der Waals surface area contributed by atoms with Crippen LogP contribution >= 0.6 is 0 Å². The molecule has 1 aliphatic carbocycles. The Hall–Kier alpha value is -2.70. The van der Waals surface area contributed by atoms with Gasteiger partial charge in [0.1, 0.15) is 6.54 Å². The lowest BCUT2D eigenvalue weighted by Crippen LogP contribution is -2.45. The number of benzene rings is 1. The molecule has 0 aliphatic heterocycles. The Bertz CT molecular complexity index is 763. The summed E-state index contributed by atoms with van der Waals surface area (Å²) in [6, 6.07) is 8.21. The van der Waals surface area contributed by atoms with Crippen LogP contribution < -0.4 is 5.32 Å². The minimum absolute atomic E-state index is 0.0478. The lowest BCUT2D eigenvalue weighted by atomic mass is 9.87. The van der Waals surface area contributed by atoms with E-state index in [-0.39, 0.29) is 23.7 Å². The van der Waals surface area contributed by atoms with Gasteiger partial charge in [0.15, 0.2) is 5.69 Å². The molecule has 0 unspecified atom stereocenters. The molecule has 1 aliphatic rings. The van der Waals surface area contributed by atoms with Crippen molar-refractivity contribution in [3.63, 3.8) is 0 Å². The van der Waals surface area contributed by atoms with Crippen LogP contribution in [0.3, 0.4) is 0 Å². The lowest BCUT2D eigenvalue weighted by Gasteiger charge is -2.31. The van der Waals surface area contributed by atoms with Gasteiger partial charge in [-0.2, -0.15) is 0 Å². The molecule has 0 bridgehead atoms. The van der Waals surface area contributed by atoms with Crippen LogP contribution in [0.2, 0.25) is 0 Å². The summed E-state index contributed by atoms with van der Waals surface area (Å²) in [5.41, 5.74) is 1.77. The third-order valence-corrected chi connectivity index (χ3v) is 4.47. The number of nitrogens with zero attached hydrogens (tertiary/aromatic N) is 3. The molecule has 0 saturated heterocycles. The van der Waals surface area contributed by atoms with Crippen LogP contribution in [0.15, 0.2) is 30.5 Å². The average molecular weight is 328 g/mol. The average Bonchev–Trinajstić information content (AvgIpc) is 3.17. The van der Waals surface area contributed by atoms with E-state index < -0.39 is 5.97 Å². The monoisotopic (exact) mass is 328 g/mol. The van der Waals surface area contributed by atoms with Crippen molar-refractivity contribution in [3.8, 4) is 0 Å². The fourth-order valence-electron chi connectivity index (χ4n) is 3.33. The Morgan fingerprint density at radius 1 is 1.33 bits per heavy atom. The van der Waals surface area contributed by atoms with Gasteiger partial charge in [0, 0.05) is 0 Å². The number of carboxylic acids is 1. The Labute approximate surface area is 139 Å². The first-order valence-electron chi connectivity index (χ1n) is 8.00. The first-order valence-corrected chi connectivity index (χ1v) is 8.00. The van der Waals surface area contributed by atoms with Crippen LogP contribution in [0.25, 0.3) is 0 Å². The van der Waals surface area contributed by atoms with Crippen molar-refractivity contribution >= 4 is 11.9 Å². The Morgan fingerprint density at radius 2 is 2.08 bits per heavy atom.